The molecule has 1 aromatic rings. The van der Waals surface area contributed by atoms with Crippen LogP contribution in [0.1, 0.15) is 37.7 Å². The molecule has 1 aliphatic rings. The number of alkyl halides is 1. The van der Waals surface area contributed by atoms with Gasteiger partial charge >= 0.3 is 0 Å². The number of hydrogen-bond donors (Lipinski definition) is 0. The third-order valence-corrected chi connectivity index (χ3v) is 3.43. The first-order valence-electron chi connectivity index (χ1n) is 6.55. The predicted molar refractivity (Wildman–Crippen MR) is 72.4 cm³/mol. The molecule has 1 amide bonds. The van der Waals surface area contributed by atoms with Crippen LogP contribution in [0.4, 0.5) is 0 Å². The summed E-state index contributed by atoms with van der Waals surface area (Å²) in [6, 6.07) is 4.39. The zero-order valence-corrected chi connectivity index (χ0v) is 11.3. The molecular weight excluding hydrogens is 248 g/mol. The molecule has 98 valence electrons. The average Bonchev–Trinajstić information content (AvgIpc) is 3.21. The Labute approximate surface area is 113 Å². The van der Waals surface area contributed by atoms with Gasteiger partial charge in [-0.25, -0.2) is 0 Å². The molecule has 1 saturated carbocycles. The molecule has 1 aliphatic carbocycles. The number of carbonyl (C=O) groups is 1. The van der Waals surface area contributed by atoms with Gasteiger partial charge < -0.3 is 4.90 Å². The van der Waals surface area contributed by atoms with E-state index in [4.69, 9.17) is 11.6 Å². The van der Waals surface area contributed by atoms with Crippen LogP contribution in [0.25, 0.3) is 0 Å². The lowest BCUT2D eigenvalue weighted by atomic mass is 10.2. The van der Waals surface area contributed by atoms with Crippen molar-refractivity contribution < 1.29 is 4.79 Å². The molecule has 0 atom stereocenters. The summed E-state index contributed by atoms with van der Waals surface area (Å²) in [4.78, 5) is 18.3. The standard InChI is InChI=1S/C14H19ClN2O/c15-8-2-1-5-14(18)17(13-6-7-13)11-12-4-3-9-16-10-12/h3-4,9-10,13H,1-2,5-8,11H2. The van der Waals surface area contributed by atoms with Gasteiger partial charge in [0, 0.05) is 37.3 Å². The molecule has 0 saturated heterocycles. The van der Waals surface area contributed by atoms with Gasteiger partial charge in [-0.15, -0.1) is 11.6 Å². The van der Waals surface area contributed by atoms with Crippen LogP contribution in [-0.2, 0) is 11.3 Å². The summed E-state index contributed by atoms with van der Waals surface area (Å²) in [5, 5.41) is 0. The smallest absolute Gasteiger partial charge is 0.223 e. The van der Waals surface area contributed by atoms with E-state index in [1.165, 1.54) is 0 Å². The van der Waals surface area contributed by atoms with E-state index in [0.717, 1.165) is 31.2 Å². The fourth-order valence-electron chi connectivity index (χ4n) is 2.01. The molecule has 18 heavy (non-hydrogen) atoms. The monoisotopic (exact) mass is 266 g/mol. The lowest BCUT2D eigenvalue weighted by Crippen LogP contribution is -2.32. The summed E-state index contributed by atoms with van der Waals surface area (Å²) >= 11 is 5.64. The summed E-state index contributed by atoms with van der Waals surface area (Å²) in [5.41, 5.74) is 1.11. The third-order valence-electron chi connectivity index (χ3n) is 3.16. The molecule has 1 heterocycles. The molecule has 0 N–H and O–H groups in total. The summed E-state index contributed by atoms with van der Waals surface area (Å²) in [5.74, 6) is 0.894. The molecule has 3 nitrogen and oxygen atoms in total. The Morgan fingerprint density at radius 3 is 2.89 bits per heavy atom. The molecule has 2 rings (SSSR count). The maximum absolute atomic E-state index is 12.2. The van der Waals surface area contributed by atoms with Crippen molar-refractivity contribution >= 4 is 17.5 Å². The minimum absolute atomic E-state index is 0.256. The molecule has 0 aromatic carbocycles. The lowest BCUT2D eigenvalue weighted by Gasteiger charge is -2.22. The van der Waals surface area contributed by atoms with Crippen LogP contribution >= 0.6 is 11.6 Å². The van der Waals surface area contributed by atoms with Crippen molar-refractivity contribution in [3.63, 3.8) is 0 Å². The van der Waals surface area contributed by atoms with Gasteiger partial charge in [-0.05, 0) is 37.3 Å². The van der Waals surface area contributed by atoms with E-state index < -0.39 is 0 Å². The van der Waals surface area contributed by atoms with Gasteiger partial charge in [-0.2, -0.15) is 0 Å². The van der Waals surface area contributed by atoms with Gasteiger partial charge in [0.25, 0.3) is 0 Å². The maximum atomic E-state index is 12.2. The quantitative estimate of drug-likeness (QED) is 0.562. The lowest BCUT2D eigenvalue weighted by molar-refractivity contribution is -0.132. The Bertz CT molecular complexity index is 379. The van der Waals surface area contributed by atoms with Gasteiger partial charge in [0.05, 0.1) is 0 Å². The summed E-state index contributed by atoms with van der Waals surface area (Å²) < 4.78 is 0. The Kier molecular flexibility index (Phi) is 5.00. The van der Waals surface area contributed by atoms with E-state index in [2.05, 4.69) is 4.98 Å². The minimum atomic E-state index is 0.256. The van der Waals surface area contributed by atoms with Gasteiger partial charge in [0.15, 0.2) is 0 Å². The number of unbranched alkanes of at least 4 members (excludes halogenated alkanes) is 1. The van der Waals surface area contributed by atoms with E-state index >= 15 is 0 Å². The first-order chi connectivity index (χ1) is 8.81. The fourth-order valence-corrected chi connectivity index (χ4v) is 2.20. The highest BCUT2D eigenvalue weighted by Crippen LogP contribution is 2.29. The zero-order valence-electron chi connectivity index (χ0n) is 10.5. The average molecular weight is 267 g/mol. The maximum Gasteiger partial charge on any atom is 0.223 e. The molecule has 0 bridgehead atoms. The minimum Gasteiger partial charge on any atom is -0.335 e. The Balaban J connectivity index is 1.89. The van der Waals surface area contributed by atoms with Crippen molar-refractivity contribution in [3.8, 4) is 0 Å². The molecular formula is C14H19ClN2O. The molecule has 0 radical (unpaired) electrons. The summed E-state index contributed by atoms with van der Waals surface area (Å²) in [6.07, 6.45) is 8.29. The number of carbonyl (C=O) groups excluding carboxylic acids is 1. The normalized spacial score (nSPS) is 14.5. The predicted octanol–water partition coefficient (Wildman–Crippen LogP) is 2.98. The van der Waals surface area contributed by atoms with Crippen molar-refractivity contribution in [3.05, 3.63) is 30.1 Å². The van der Waals surface area contributed by atoms with E-state index in [-0.39, 0.29) is 5.91 Å². The molecule has 1 aromatic heterocycles. The van der Waals surface area contributed by atoms with E-state index in [1.807, 2.05) is 23.2 Å². The van der Waals surface area contributed by atoms with Crippen molar-refractivity contribution in [2.45, 2.75) is 44.7 Å². The largest absolute Gasteiger partial charge is 0.335 e. The number of nitrogens with zero attached hydrogens (tertiary/aromatic N) is 2. The Morgan fingerprint density at radius 1 is 1.44 bits per heavy atom. The Morgan fingerprint density at radius 2 is 2.28 bits per heavy atom. The van der Waals surface area contributed by atoms with Crippen LogP contribution in [0.5, 0.6) is 0 Å². The second kappa shape index (κ2) is 6.74. The SMILES string of the molecule is O=C(CCCCCl)N(Cc1cccnc1)C1CC1. The molecule has 0 aliphatic heterocycles. The van der Waals surface area contributed by atoms with Gasteiger partial charge in [0.1, 0.15) is 0 Å². The fraction of sp³-hybridized carbons (Fsp3) is 0.571. The van der Waals surface area contributed by atoms with Crippen LogP contribution < -0.4 is 0 Å². The van der Waals surface area contributed by atoms with Crippen LogP contribution in [0.3, 0.4) is 0 Å². The second-order valence-electron chi connectivity index (χ2n) is 4.76. The topological polar surface area (TPSA) is 33.2 Å². The van der Waals surface area contributed by atoms with Crippen LogP contribution in [0, 0.1) is 0 Å². The van der Waals surface area contributed by atoms with E-state index in [9.17, 15) is 4.79 Å². The molecule has 0 spiro atoms. The summed E-state index contributed by atoms with van der Waals surface area (Å²) in [7, 11) is 0. The van der Waals surface area contributed by atoms with E-state index in [1.54, 1.807) is 6.20 Å². The van der Waals surface area contributed by atoms with Gasteiger partial charge in [-0.3, -0.25) is 9.78 Å². The third kappa shape index (κ3) is 3.98. The first kappa shape index (κ1) is 13.3. The number of rotatable bonds is 7. The summed E-state index contributed by atoms with van der Waals surface area (Å²) in [6.45, 7) is 0.693. The highest BCUT2D eigenvalue weighted by Gasteiger charge is 2.32. The van der Waals surface area contributed by atoms with Gasteiger partial charge in [0.2, 0.25) is 5.91 Å². The van der Waals surface area contributed by atoms with Crippen LogP contribution in [0.2, 0.25) is 0 Å². The van der Waals surface area contributed by atoms with Crippen LogP contribution in [0.15, 0.2) is 24.5 Å². The molecule has 0 unspecified atom stereocenters. The number of hydrogen-bond acceptors (Lipinski definition) is 2. The van der Waals surface area contributed by atoms with E-state index in [0.29, 0.717) is 24.9 Å². The number of aromatic nitrogens is 1. The number of halogens is 1. The highest BCUT2D eigenvalue weighted by atomic mass is 35.5. The Hall–Kier alpha value is -1.09. The van der Waals surface area contributed by atoms with Gasteiger partial charge in [-0.1, -0.05) is 6.07 Å². The number of pyridine rings is 1. The van der Waals surface area contributed by atoms with Crippen molar-refractivity contribution in [1.29, 1.82) is 0 Å². The number of amides is 1. The van der Waals surface area contributed by atoms with Crippen molar-refractivity contribution in [2.75, 3.05) is 5.88 Å². The molecule has 1 fully saturated rings. The zero-order chi connectivity index (χ0) is 12.8. The van der Waals surface area contributed by atoms with Crippen LogP contribution in [-0.4, -0.2) is 27.7 Å². The highest BCUT2D eigenvalue weighted by molar-refractivity contribution is 6.17. The van der Waals surface area contributed by atoms with Crippen molar-refractivity contribution in [1.82, 2.24) is 9.88 Å². The molecule has 4 heteroatoms. The van der Waals surface area contributed by atoms with Crippen molar-refractivity contribution in [2.24, 2.45) is 0 Å². The second-order valence-corrected chi connectivity index (χ2v) is 5.14. The first-order valence-corrected chi connectivity index (χ1v) is 7.09.